The Morgan fingerprint density at radius 1 is 1.39 bits per heavy atom. The average Bonchev–Trinajstić information content (AvgIpc) is 2.70. The molecule has 2 nitrogen and oxygen atoms in total. The van der Waals surface area contributed by atoms with Crippen LogP contribution in [0.1, 0.15) is 26.3 Å². The molecule has 1 aromatic carbocycles. The minimum atomic E-state index is 0.286. The summed E-state index contributed by atoms with van der Waals surface area (Å²) in [5, 5.41) is 3.52. The highest BCUT2D eigenvalue weighted by atomic mass is 79.9. The molecule has 1 N–H and O–H groups in total. The molecule has 1 aliphatic heterocycles. The van der Waals surface area contributed by atoms with Gasteiger partial charge < -0.3 is 10.1 Å². The van der Waals surface area contributed by atoms with Crippen LogP contribution >= 0.6 is 15.9 Å². The Hall–Kier alpha value is -0.540. The Morgan fingerprint density at radius 2 is 2.17 bits per heavy atom. The van der Waals surface area contributed by atoms with E-state index in [1.807, 2.05) is 6.07 Å². The van der Waals surface area contributed by atoms with Gasteiger partial charge in [0.05, 0.1) is 0 Å². The molecular weight excluding hydrogens is 290 g/mol. The molecule has 0 bridgehead atoms. The van der Waals surface area contributed by atoms with Gasteiger partial charge in [-0.1, -0.05) is 36.7 Å². The molecule has 1 heterocycles. The van der Waals surface area contributed by atoms with Gasteiger partial charge >= 0.3 is 0 Å². The van der Waals surface area contributed by atoms with Crippen LogP contribution in [0.2, 0.25) is 0 Å². The Labute approximate surface area is 118 Å². The Balaban J connectivity index is 1.78. The lowest BCUT2D eigenvalue weighted by atomic mass is 9.98. The van der Waals surface area contributed by atoms with E-state index >= 15 is 0 Å². The summed E-state index contributed by atoms with van der Waals surface area (Å²) in [5.74, 6) is 2.49. The molecule has 0 radical (unpaired) electrons. The van der Waals surface area contributed by atoms with E-state index in [9.17, 15) is 0 Å². The van der Waals surface area contributed by atoms with E-state index in [4.69, 9.17) is 4.74 Å². The van der Waals surface area contributed by atoms with E-state index in [0.717, 1.165) is 35.7 Å². The Morgan fingerprint density at radius 3 is 2.89 bits per heavy atom. The largest absolute Gasteiger partial charge is 0.488 e. The average molecular weight is 312 g/mol. The first-order valence-corrected chi connectivity index (χ1v) is 7.51. The third kappa shape index (κ3) is 3.48. The van der Waals surface area contributed by atoms with Gasteiger partial charge in [0.2, 0.25) is 0 Å². The topological polar surface area (TPSA) is 21.3 Å². The molecule has 18 heavy (non-hydrogen) atoms. The van der Waals surface area contributed by atoms with E-state index in [-0.39, 0.29) is 6.10 Å². The molecule has 2 unspecified atom stereocenters. The van der Waals surface area contributed by atoms with Crippen LogP contribution in [0.15, 0.2) is 22.7 Å². The van der Waals surface area contributed by atoms with Crippen molar-refractivity contribution >= 4 is 15.9 Å². The summed E-state index contributed by atoms with van der Waals surface area (Å²) in [4.78, 5) is 0. The van der Waals surface area contributed by atoms with Crippen molar-refractivity contribution in [2.75, 3.05) is 13.1 Å². The molecule has 0 spiro atoms. The first-order chi connectivity index (χ1) is 8.56. The van der Waals surface area contributed by atoms with Crippen LogP contribution in [0.5, 0.6) is 5.75 Å². The van der Waals surface area contributed by atoms with Gasteiger partial charge in [0.15, 0.2) is 0 Å². The normalized spacial score (nSPS) is 19.7. The highest BCUT2D eigenvalue weighted by Gasteiger charge is 2.22. The number of benzene rings is 1. The summed E-state index contributed by atoms with van der Waals surface area (Å²) in [5.41, 5.74) is 1.31. The number of fused-ring (bicyclic) bond motifs is 1. The van der Waals surface area contributed by atoms with Gasteiger partial charge in [-0.15, -0.1) is 0 Å². The van der Waals surface area contributed by atoms with Crippen molar-refractivity contribution in [1.29, 1.82) is 0 Å². The lowest BCUT2D eigenvalue weighted by Crippen LogP contribution is -2.33. The van der Waals surface area contributed by atoms with E-state index in [1.165, 1.54) is 5.56 Å². The second-order valence-corrected chi connectivity index (χ2v) is 6.49. The summed E-state index contributed by atoms with van der Waals surface area (Å²) in [6.45, 7) is 8.83. The number of hydrogen-bond donors (Lipinski definition) is 1. The lowest BCUT2D eigenvalue weighted by Gasteiger charge is -2.18. The molecule has 0 saturated carbocycles. The van der Waals surface area contributed by atoms with Crippen molar-refractivity contribution in [3.8, 4) is 5.75 Å². The standard InChI is InChI=1S/C15H22BrNO/c1-10(2)11(3)8-17-9-14-7-12-6-13(16)4-5-15(12)18-14/h4-6,10-11,14,17H,7-9H2,1-3H3. The molecule has 0 aromatic heterocycles. The van der Waals surface area contributed by atoms with Crippen molar-refractivity contribution in [2.45, 2.75) is 33.3 Å². The summed E-state index contributed by atoms with van der Waals surface area (Å²) < 4.78 is 7.05. The van der Waals surface area contributed by atoms with Gasteiger partial charge in [-0.3, -0.25) is 0 Å². The molecular formula is C15H22BrNO. The van der Waals surface area contributed by atoms with Crippen LogP contribution in [-0.4, -0.2) is 19.2 Å². The fourth-order valence-corrected chi connectivity index (χ4v) is 2.52. The number of nitrogens with one attached hydrogen (secondary N) is 1. The van der Waals surface area contributed by atoms with Gasteiger partial charge in [-0.2, -0.15) is 0 Å². The monoisotopic (exact) mass is 311 g/mol. The van der Waals surface area contributed by atoms with Crippen LogP contribution in [0.25, 0.3) is 0 Å². The zero-order valence-electron chi connectivity index (χ0n) is 11.4. The number of rotatable bonds is 5. The first kappa shape index (κ1) is 13.9. The molecule has 1 aromatic rings. The van der Waals surface area contributed by atoms with E-state index in [2.05, 4.69) is 54.2 Å². The molecule has 100 valence electrons. The Bertz CT molecular complexity index is 405. The maximum atomic E-state index is 5.92. The predicted molar refractivity (Wildman–Crippen MR) is 79.1 cm³/mol. The van der Waals surface area contributed by atoms with Crippen LogP contribution in [0, 0.1) is 11.8 Å². The van der Waals surface area contributed by atoms with Crippen LogP contribution in [0.3, 0.4) is 0 Å². The minimum absolute atomic E-state index is 0.286. The zero-order valence-corrected chi connectivity index (χ0v) is 13.0. The van der Waals surface area contributed by atoms with Gasteiger partial charge in [-0.05, 0) is 42.1 Å². The van der Waals surface area contributed by atoms with Crippen molar-refractivity contribution < 1.29 is 4.74 Å². The molecule has 0 fully saturated rings. The third-order valence-electron chi connectivity index (χ3n) is 3.74. The molecule has 1 aliphatic rings. The van der Waals surface area contributed by atoms with Crippen LogP contribution in [-0.2, 0) is 6.42 Å². The van der Waals surface area contributed by atoms with Gasteiger partial charge in [0.1, 0.15) is 11.9 Å². The molecule has 0 aliphatic carbocycles. The van der Waals surface area contributed by atoms with Gasteiger partial charge in [0.25, 0.3) is 0 Å². The number of hydrogen-bond acceptors (Lipinski definition) is 2. The molecule has 2 rings (SSSR count). The maximum Gasteiger partial charge on any atom is 0.123 e. The van der Waals surface area contributed by atoms with Crippen molar-refractivity contribution in [2.24, 2.45) is 11.8 Å². The number of halogens is 1. The highest BCUT2D eigenvalue weighted by molar-refractivity contribution is 9.10. The Kier molecular flexibility index (Phi) is 4.68. The minimum Gasteiger partial charge on any atom is -0.488 e. The van der Waals surface area contributed by atoms with E-state index in [0.29, 0.717) is 5.92 Å². The molecule has 0 amide bonds. The van der Waals surface area contributed by atoms with E-state index < -0.39 is 0 Å². The first-order valence-electron chi connectivity index (χ1n) is 6.72. The van der Waals surface area contributed by atoms with Gasteiger partial charge in [0, 0.05) is 17.4 Å². The fraction of sp³-hybridized carbons (Fsp3) is 0.600. The SMILES string of the molecule is CC(C)C(C)CNCC1Cc2cc(Br)ccc2O1. The summed E-state index contributed by atoms with van der Waals surface area (Å²) >= 11 is 3.50. The van der Waals surface area contributed by atoms with Crippen molar-refractivity contribution in [1.82, 2.24) is 5.32 Å². The predicted octanol–water partition coefficient (Wildman–Crippen LogP) is 3.63. The quantitative estimate of drug-likeness (QED) is 0.896. The van der Waals surface area contributed by atoms with Crippen molar-refractivity contribution in [3.63, 3.8) is 0 Å². The maximum absolute atomic E-state index is 5.92. The van der Waals surface area contributed by atoms with Crippen LogP contribution in [0.4, 0.5) is 0 Å². The van der Waals surface area contributed by atoms with Crippen molar-refractivity contribution in [3.05, 3.63) is 28.2 Å². The fourth-order valence-electron chi connectivity index (χ4n) is 2.11. The van der Waals surface area contributed by atoms with Gasteiger partial charge in [-0.25, -0.2) is 0 Å². The number of ether oxygens (including phenoxy) is 1. The van der Waals surface area contributed by atoms with Crippen LogP contribution < -0.4 is 10.1 Å². The summed E-state index contributed by atoms with van der Waals surface area (Å²) in [6, 6.07) is 6.25. The second-order valence-electron chi connectivity index (χ2n) is 5.58. The molecule has 0 saturated heterocycles. The smallest absolute Gasteiger partial charge is 0.123 e. The second kappa shape index (κ2) is 6.07. The summed E-state index contributed by atoms with van der Waals surface area (Å²) in [6.07, 6.45) is 1.30. The summed E-state index contributed by atoms with van der Waals surface area (Å²) in [7, 11) is 0. The molecule has 2 atom stereocenters. The van der Waals surface area contributed by atoms with E-state index in [1.54, 1.807) is 0 Å². The third-order valence-corrected chi connectivity index (χ3v) is 4.23. The molecule has 3 heteroatoms. The lowest BCUT2D eigenvalue weighted by molar-refractivity contribution is 0.222. The zero-order chi connectivity index (χ0) is 13.1. The highest BCUT2D eigenvalue weighted by Crippen LogP contribution is 2.30.